The lowest BCUT2D eigenvalue weighted by molar-refractivity contribution is -0.202. The van der Waals surface area contributed by atoms with Crippen molar-refractivity contribution in [3.63, 3.8) is 0 Å². The van der Waals surface area contributed by atoms with Crippen LogP contribution in [0, 0.1) is 0 Å². The molecule has 45 heavy (non-hydrogen) atoms. The number of nitrogens with zero attached hydrogens (tertiary/aromatic N) is 1. The lowest BCUT2D eigenvalue weighted by Gasteiger charge is -2.23. The zero-order chi connectivity index (χ0) is 32.8. The zero-order valence-electron chi connectivity index (χ0n) is 23.9. The predicted octanol–water partition coefficient (Wildman–Crippen LogP) is 4.17. The van der Waals surface area contributed by atoms with Crippen molar-refractivity contribution < 1.29 is 47.0 Å². The number of halogens is 3. The number of carboxylic acid groups (broad SMARTS) is 1. The molecule has 0 saturated heterocycles. The van der Waals surface area contributed by atoms with Crippen LogP contribution >= 0.6 is 0 Å². The number of hydrogen-bond donors (Lipinski definition) is 4. The van der Waals surface area contributed by atoms with E-state index in [1.165, 1.54) is 12.1 Å². The fourth-order valence-electron chi connectivity index (χ4n) is 4.18. The molecule has 14 heteroatoms. The number of aromatic nitrogens is 1. The number of carboxylic acids is 1. The molecule has 3 rings (SSSR count). The molecule has 2 amide bonds. The Morgan fingerprint density at radius 1 is 0.822 bits per heavy atom. The van der Waals surface area contributed by atoms with E-state index in [4.69, 9.17) is 0 Å². The van der Waals surface area contributed by atoms with Crippen LogP contribution in [0.3, 0.4) is 0 Å². The molecular formula is C31H31F3N4O7. The van der Waals surface area contributed by atoms with Crippen molar-refractivity contribution in [3.05, 3.63) is 84.6 Å². The highest BCUT2D eigenvalue weighted by molar-refractivity contribution is 5.92. The van der Waals surface area contributed by atoms with Gasteiger partial charge in [0, 0.05) is 19.2 Å². The molecule has 11 nitrogen and oxygen atoms in total. The topological polar surface area (TPSA) is 164 Å². The molecular weight excluding hydrogens is 597 g/mol. The van der Waals surface area contributed by atoms with Gasteiger partial charge in [-0.2, -0.15) is 13.2 Å². The van der Waals surface area contributed by atoms with Crippen molar-refractivity contribution in [1.29, 1.82) is 0 Å². The first-order valence-electron chi connectivity index (χ1n) is 13.9. The molecule has 1 unspecified atom stereocenters. The van der Waals surface area contributed by atoms with E-state index in [0.29, 0.717) is 25.2 Å². The maximum Gasteiger partial charge on any atom is 0.491 e. The predicted molar refractivity (Wildman–Crippen MR) is 155 cm³/mol. The van der Waals surface area contributed by atoms with Crippen molar-refractivity contribution in [1.82, 2.24) is 15.6 Å². The van der Waals surface area contributed by atoms with E-state index >= 15 is 0 Å². The number of unbranched alkanes of at least 4 members (excludes halogenated alkanes) is 1. The maximum absolute atomic E-state index is 13.2. The molecule has 0 fully saturated rings. The van der Waals surface area contributed by atoms with Gasteiger partial charge in [0.25, 0.3) is 0 Å². The van der Waals surface area contributed by atoms with Gasteiger partial charge in [-0.1, -0.05) is 60.7 Å². The number of ether oxygens (including phenoxy) is 1. The second-order valence-electron chi connectivity index (χ2n) is 9.83. The van der Waals surface area contributed by atoms with Gasteiger partial charge in [-0.05, 0) is 41.7 Å². The van der Waals surface area contributed by atoms with Crippen LogP contribution in [0.4, 0.5) is 19.0 Å². The van der Waals surface area contributed by atoms with Gasteiger partial charge in [0.1, 0.15) is 11.9 Å². The van der Waals surface area contributed by atoms with Gasteiger partial charge in [0.2, 0.25) is 11.8 Å². The first-order valence-corrected chi connectivity index (χ1v) is 13.9. The lowest BCUT2D eigenvalue weighted by atomic mass is 9.98. The number of rotatable bonds is 15. The second-order valence-corrected chi connectivity index (χ2v) is 9.83. The molecule has 1 heterocycles. The van der Waals surface area contributed by atoms with Crippen molar-refractivity contribution >= 4 is 35.5 Å². The third-order valence-electron chi connectivity index (χ3n) is 6.38. The smallest absolute Gasteiger partial charge is 0.481 e. The summed E-state index contributed by atoms with van der Waals surface area (Å²) in [6, 6.07) is 17.9. The summed E-state index contributed by atoms with van der Waals surface area (Å²) in [5.41, 5.74) is 1.85. The highest BCUT2D eigenvalue weighted by atomic mass is 19.4. The Balaban J connectivity index is 1.68. The average molecular weight is 629 g/mol. The molecule has 0 saturated carbocycles. The third kappa shape index (κ3) is 11.7. The highest BCUT2D eigenvalue weighted by Crippen LogP contribution is 2.25. The van der Waals surface area contributed by atoms with Gasteiger partial charge in [-0.15, -0.1) is 0 Å². The molecule has 0 spiro atoms. The summed E-state index contributed by atoms with van der Waals surface area (Å²) in [7, 11) is 0. The van der Waals surface area contributed by atoms with Crippen LogP contribution < -0.4 is 16.0 Å². The fourth-order valence-corrected chi connectivity index (χ4v) is 4.18. The first-order chi connectivity index (χ1) is 21.4. The number of anilines is 1. The average Bonchev–Trinajstić information content (AvgIpc) is 3.00. The van der Waals surface area contributed by atoms with E-state index in [0.717, 1.165) is 11.1 Å². The Labute approximate surface area is 256 Å². The minimum atomic E-state index is -5.42. The quantitative estimate of drug-likeness (QED) is 0.110. The SMILES string of the molecule is O=C(O)C[C@H](NC(=O)CCCCNc1ccccn1)C(=O)NC(CC(=O)OC(=O)C(F)(F)F)c1ccc(-c2ccccc2)cc1. The fraction of sp³-hybridized carbons (Fsp3) is 0.290. The minimum Gasteiger partial charge on any atom is -0.481 e. The summed E-state index contributed by atoms with van der Waals surface area (Å²) < 4.78 is 41.8. The van der Waals surface area contributed by atoms with Crippen LogP contribution in [0.1, 0.15) is 43.7 Å². The number of aliphatic carboxylic acids is 1. The zero-order valence-corrected chi connectivity index (χ0v) is 23.9. The molecule has 0 aliphatic rings. The van der Waals surface area contributed by atoms with E-state index in [9.17, 15) is 42.3 Å². The molecule has 3 aromatic rings. The van der Waals surface area contributed by atoms with Gasteiger partial charge in [-0.25, -0.2) is 9.78 Å². The van der Waals surface area contributed by atoms with Gasteiger partial charge in [0.05, 0.1) is 18.9 Å². The van der Waals surface area contributed by atoms with Crippen molar-refractivity contribution in [3.8, 4) is 11.1 Å². The largest absolute Gasteiger partial charge is 0.491 e. The molecule has 2 aromatic carbocycles. The van der Waals surface area contributed by atoms with Gasteiger partial charge >= 0.3 is 24.1 Å². The van der Waals surface area contributed by atoms with Crippen LogP contribution in [0.25, 0.3) is 11.1 Å². The number of alkyl halides is 3. The third-order valence-corrected chi connectivity index (χ3v) is 6.38. The number of pyridine rings is 1. The van der Waals surface area contributed by atoms with Crippen LogP contribution in [0.2, 0.25) is 0 Å². The van der Waals surface area contributed by atoms with Crippen molar-refractivity contribution in [2.45, 2.75) is 50.4 Å². The number of amides is 2. The summed E-state index contributed by atoms with van der Waals surface area (Å²) >= 11 is 0. The van der Waals surface area contributed by atoms with E-state index in [1.54, 1.807) is 30.5 Å². The summed E-state index contributed by atoms with van der Waals surface area (Å²) in [5.74, 6) is -6.65. The van der Waals surface area contributed by atoms with E-state index in [1.807, 2.05) is 36.4 Å². The molecule has 238 valence electrons. The van der Waals surface area contributed by atoms with Crippen LogP contribution in [0.5, 0.6) is 0 Å². The first kappa shape index (κ1) is 34.2. The summed E-state index contributed by atoms with van der Waals surface area (Å²) in [6.45, 7) is 0.515. The van der Waals surface area contributed by atoms with E-state index in [2.05, 4.69) is 25.7 Å². The van der Waals surface area contributed by atoms with Crippen molar-refractivity contribution in [2.24, 2.45) is 0 Å². The minimum absolute atomic E-state index is 0.0243. The number of esters is 2. The van der Waals surface area contributed by atoms with Gasteiger partial charge in [-0.3, -0.25) is 19.2 Å². The van der Waals surface area contributed by atoms with Gasteiger partial charge in [0.15, 0.2) is 0 Å². The Kier molecular flexibility index (Phi) is 12.6. The molecule has 0 radical (unpaired) electrons. The molecule has 0 bridgehead atoms. The van der Waals surface area contributed by atoms with Crippen molar-refractivity contribution in [2.75, 3.05) is 11.9 Å². The summed E-state index contributed by atoms with van der Waals surface area (Å²) in [5, 5.41) is 17.2. The number of hydrogen-bond acceptors (Lipinski definition) is 8. The number of carbonyl (C=O) groups is 5. The number of nitrogens with one attached hydrogen (secondary N) is 3. The molecule has 0 aliphatic carbocycles. The van der Waals surface area contributed by atoms with Crippen LogP contribution in [0.15, 0.2) is 79.0 Å². The normalized spacial score (nSPS) is 12.3. The Morgan fingerprint density at radius 2 is 1.49 bits per heavy atom. The Bertz CT molecular complexity index is 1450. The van der Waals surface area contributed by atoms with Crippen LogP contribution in [-0.4, -0.2) is 58.6 Å². The highest BCUT2D eigenvalue weighted by Gasteiger charge is 2.42. The second kappa shape index (κ2) is 16.5. The Hall–Kier alpha value is -5.27. The van der Waals surface area contributed by atoms with Crippen LogP contribution in [-0.2, 0) is 28.7 Å². The Morgan fingerprint density at radius 3 is 2.11 bits per heavy atom. The van der Waals surface area contributed by atoms with Gasteiger partial charge < -0.3 is 25.8 Å². The van der Waals surface area contributed by atoms with E-state index < -0.39 is 60.8 Å². The maximum atomic E-state index is 13.2. The molecule has 1 aromatic heterocycles. The number of carbonyl (C=O) groups excluding carboxylic acids is 4. The molecule has 4 N–H and O–H groups in total. The summed E-state index contributed by atoms with van der Waals surface area (Å²) in [4.78, 5) is 64.8. The standard InChI is InChI=1S/C31H31F3N4O7/c32-31(33,34)30(44)45-28(42)19-23(22-14-12-21(13-15-22)20-8-2-1-3-9-20)38-29(43)24(18-27(40)41)37-26(39)11-5-7-17-36-25-10-4-6-16-35-25/h1-4,6,8-10,12-16,23-24H,5,7,11,17-19H2,(H,35,36)(H,37,39)(H,38,43)(H,40,41)/t23?,24-/m0/s1. The molecule has 0 aliphatic heterocycles. The number of benzene rings is 2. The van der Waals surface area contributed by atoms with E-state index in [-0.39, 0.29) is 12.0 Å². The lowest BCUT2D eigenvalue weighted by Crippen LogP contribution is -2.49. The summed E-state index contributed by atoms with van der Waals surface area (Å²) in [6.07, 6.45) is -4.55. The monoisotopic (exact) mass is 628 g/mol. The molecule has 2 atom stereocenters.